The normalized spacial score (nSPS) is 12.5. The van der Waals surface area contributed by atoms with E-state index in [-0.39, 0.29) is 6.04 Å². The van der Waals surface area contributed by atoms with Crippen molar-refractivity contribution in [2.45, 2.75) is 26.3 Å². The van der Waals surface area contributed by atoms with Crippen LogP contribution in [-0.2, 0) is 6.42 Å². The van der Waals surface area contributed by atoms with Crippen molar-refractivity contribution in [2.24, 2.45) is 0 Å². The summed E-state index contributed by atoms with van der Waals surface area (Å²) in [5.41, 5.74) is 14.9. The Morgan fingerprint density at radius 3 is 2.54 bits per heavy atom. The van der Waals surface area contributed by atoms with Crippen molar-refractivity contribution in [3.05, 3.63) is 54.2 Å². The van der Waals surface area contributed by atoms with Crippen LogP contribution in [0.5, 0.6) is 0 Å². The predicted molar refractivity (Wildman–Crippen MR) is 101 cm³/mol. The fourth-order valence-electron chi connectivity index (χ4n) is 3.31. The lowest BCUT2D eigenvalue weighted by Gasteiger charge is -2.15. The molecule has 132 valence electrons. The number of hydrogen-bond acceptors (Lipinski definition) is 6. The second-order valence-electron chi connectivity index (χ2n) is 6.41. The Kier molecular flexibility index (Phi) is 3.84. The molecule has 4 N–H and O–H groups in total. The van der Waals surface area contributed by atoms with Crippen LogP contribution in [0.1, 0.15) is 24.6 Å². The van der Waals surface area contributed by atoms with E-state index in [1.54, 1.807) is 18.4 Å². The third-order valence-electron chi connectivity index (χ3n) is 4.39. The minimum Gasteiger partial charge on any atom is -0.469 e. The number of imidazole rings is 1. The van der Waals surface area contributed by atoms with Gasteiger partial charge in [-0.15, -0.1) is 0 Å². The third-order valence-corrected chi connectivity index (χ3v) is 4.39. The number of nitrogen functional groups attached to an aromatic ring is 2. The summed E-state index contributed by atoms with van der Waals surface area (Å²) in [6, 6.07) is 11.5. The molecule has 26 heavy (non-hydrogen) atoms. The molecule has 0 aliphatic heterocycles. The van der Waals surface area contributed by atoms with Gasteiger partial charge in [0.1, 0.15) is 28.7 Å². The van der Waals surface area contributed by atoms with E-state index in [2.05, 4.69) is 21.5 Å². The summed E-state index contributed by atoms with van der Waals surface area (Å²) in [6.45, 7) is 4.12. The molecular weight excluding hydrogens is 328 g/mol. The number of fused-ring (bicyclic) bond motifs is 1. The Bertz CT molecular complexity index is 1050. The monoisotopic (exact) mass is 348 g/mol. The van der Waals surface area contributed by atoms with Crippen molar-refractivity contribution in [2.75, 3.05) is 11.5 Å². The summed E-state index contributed by atoms with van der Waals surface area (Å²) in [5.74, 6) is 2.59. The summed E-state index contributed by atoms with van der Waals surface area (Å²) >= 11 is 0. The minimum absolute atomic E-state index is 0.154. The van der Waals surface area contributed by atoms with E-state index in [1.165, 1.54) is 0 Å². The second kappa shape index (κ2) is 6.18. The third kappa shape index (κ3) is 2.88. The van der Waals surface area contributed by atoms with Crippen LogP contribution in [0.2, 0.25) is 0 Å². The smallest absolute Gasteiger partial charge is 0.160 e. The lowest BCUT2D eigenvalue weighted by molar-refractivity contribution is 0.449. The maximum absolute atomic E-state index is 5.82. The van der Waals surface area contributed by atoms with Gasteiger partial charge in [-0.05, 0) is 50.2 Å². The summed E-state index contributed by atoms with van der Waals surface area (Å²) in [6.07, 6.45) is 2.45. The first-order chi connectivity index (χ1) is 12.5. The first kappa shape index (κ1) is 16.1. The van der Waals surface area contributed by atoms with Gasteiger partial charge in [0.25, 0.3) is 0 Å². The number of pyridine rings is 2. The maximum Gasteiger partial charge on any atom is 0.160 e. The summed E-state index contributed by atoms with van der Waals surface area (Å²) in [5, 5.41) is 0. The number of nitrogens with zero attached hydrogens (tertiary/aromatic N) is 4. The van der Waals surface area contributed by atoms with Crippen LogP contribution in [0.15, 0.2) is 47.1 Å². The van der Waals surface area contributed by atoms with E-state index >= 15 is 0 Å². The summed E-state index contributed by atoms with van der Waals surface area (Å²) in [4.78, 5) is 13.5. The maximum atomic E-state index is 5.82. The number of furan rings is 1. The standard InChI is InChI=1S/C19H20N6O/c1-11(8-14-4-3-7-26-14)25-12(2)22-16-6-5-15(23-19(16)25)13-9-17(20)24-18(21)10-13/h3-7,9-11H,8H2,1-2H3,(H4,20,21,24). The van der Waals surface area contributed by atoms with Gasteiger partial charge in [-0.3, -0.25) is 0 Å². The number of aromatic nitrogens is 4. The van der Waals surface area contributed by atoms with Crippen LogP contribution >= 0.6 is 0 Å². The zero-order valence-corrected chi connectivity index (χ0v) is 14.7. The number of nitrogens with two attached hydrogens (primary N) is 2. The van der Waals surface area contributed by atoms with Crippen molar-refractivity contribution >= 4 is 22.8 Å². The average Bonchev–Trinajstić information content (AvgIpc) is 3.19. The molecule has 0 radical (unpaired) electrons. The lowest BCUT2D eigenvalue weighted by atomic mass is 10.1. The SMILES string of the molecule is Cc1nc2ccc(-c3cc(N)nc(N)c3)nc2n1C(C)Cc1ccco1. The van der Waals surface area contributed by atoms with Crippen LogP contribution in [-0.4, -0.2) is 19.5 Å². The molecule has 7 nitrogen and oxygen atoms in total. The molecule has 0 spiro atoms. The Morgan fingerprint density at radius 2 is 1.85 bits per heavy atom. The second-order valence-corrected chi connectivity index (χ2v) is 6.41. The van der Waals surface area contributed by atoms with Crippen molar-refractivity contribution in [3.63, 3.8) is 0 Å². The lowest BCUT2D eigenvalue weighted by Crippen LogP contribution is -2.10. The van der Waals surface area contributed by atoms with Crippen molar-refractivity contribution in [1.29, 1.82) is 0 Å². The molecule has 0 amide bonds. The van der Waals surface area contributed by atoms with E-state index in [1.807, 2.05) is 31.2 Å². The largest absolute Gasteiger partial charge is 0.469 e. The quantitative estimate of drug-likeness (QED) is 0.585. The Balaban J connectivity index is 1.79. The molecule has 0 aromatic carbocycles. The first-order valence-electron chi connectivity index (χ1n) is 8.42. The minimum atomic E-state index is 0.154. The van der Waals surface area contributed by atoms with Gasteiger partial charge in [-0.25, -0.2) is 15.0 Å². The molecule has 4 rings (SSSR count). The molecule has 1 atom stereocenters. The van der Waals surface area contributed by atoms with Gasteiger partial charge < -0.3 is 20.5 Å². The molecule has 0 aliphatic rings. The van der Waals surface area contributed by atoms with Gasteiger partial charge >= 0.3 is 0 Å². The highest BCUT2D eigenvalue weighted by Gasteiger charge is 2.17. The molecule has 4 heterocycles. The summed E-state index contributed by atoms with van der Waals surface area (Å²) < 4.78 is 7.62. The molecule has 0 bridgehead atoms. The van der Waals surface area contributed by atoms with E-state index in [9.17, 15) is 0 Å². The van der Waals surface area contributed by atoms with Crippen LogP contribution in [0, 0.1) is 6.92 Å². The molecule has 4 aromatic heterocycles. The highest BCUT2D eigenvalue weighted by molar-refractivity contribution is 5.77. The number of anilines is 2. The van der Waals surface area contributed by atoms with Crippen LogP contribution in [0.25, 0.3) is 22.4 Å². The van der Waals surface area contributed by atoms with Crippen LogP contribution < -0.4 is 11.5 Å². The van der Waals surface area contributed by atoms with E-state index in [4.69, 9.17) is 20.9 Å². The first-order valence-corrected chi connectivity index (χ1v) is 8.42. The fraction of sp³-hybridized carbons (Fsp3) is 0.211. The molecule has 0 fully saturated rings. The topological polar surface area (TPSA) is 109 Å². The van der Waals surface area contributed by atoms with Crippen LogP contribution in [0.4, 0.5) is 11.6 Å². The van der Waals surface area contributed by atoms with Gasteiger partial charge in [0.05, 0.1) is 12.0 Å². The Hall–Kier alpha value is -3.35. The molecular formula is C19H20N6O. The molecule has 7 heteroatoms. The highest BCUT2D eigenvalue weighted by atomic mass is 16.3. The molecule has 0 saturated carbocycles. The molecule has 4 aromatic rings. The highest BCUT2D eigenvalue weighted by Crippen LogP contribution is 2.27. The molecule has 1 unspecified atom stereocenters. The number of hydrogen-bond donors (Lipinski definition) is 2. The van der Waals surface area contributed by atoms with Gasteiger partial charge in [-0.1, -0.05) is 0 Å². The zero-order valence-electron chi connectivity index (χ0n) is 14.7. The predicted octanol–water partition coefficient (Wildman–Crippen LogP) is 3.36. The van der Waals surface area contributed by atoms with Crippen molar-refractivity contribution < 1.29 is 4.42 Å². The van der Waals surface area contributed by atoms with Crippen LogP contribution in [0.3, 0.4) is 0 Å². The van der Waals surface area contributed by atoms with Gasteiger partial charge in [0.15, 0.2) is 5.65 Å². The fourth-order valence-corrected chi connectivity index (χ4v) is 3.31. The Morgan fingerprint density at radius 1 is 1.08 bits per heavy atom. The van der Waals surface area contributed by atoms with Gasteiger partial charge in [0, 0.05) is 18.0 Å². The molecule has 0 saturated heterocycles. The van der Waals surface area contributed by atoms with E-state index in [0.29, 0.717) is 11.6 Å². The van der Waals surface area contributed by atoms with Crippen molar-refractivity contribution in [3.8, 4) is 11.3 Å². The van der Waals surface area contributed by atoms with Gasteiger partial charge in [-0.2, -0.15) is 0 Å². The Labute approximate surface area is 150 Å². The summed E-state index contributed by atoms with van der Waals surface area (Å²) in [7, 11) is 0. The number of aryl methyl sites for hydroxylation is 1. The van der Waals surface area contributed by atoms with Gasteiger partial charge in [0.2, 0.25) is 0 Å². The van der Waals surface area contributed by atoms with E-state index < -0.39 is 0 Å². The van der Waals surface area contributed by atoms with E-state index in [0.717, 1.165) is 40.4 Å². The average molecular weight is 348 g/mol. The number of rotatable bonds is 4. The zero-order chi connectivity index (χ0) is 18.3. The van der Waals surface area contributed by atoms with Crippen molar-refractivity contribution in [1.82, 2.24) is 19.5 Å². The molecule has 0 aliphatic carbocycles.